The number of amides is 1. The van der Waals surface area contributed by atoms with Crippen molar-refractivity contribution in [3.63, 3.8) is 0 Å². The van der Waals surface area contributed by atoms with E-state index in [1.54, 1.807) is 0 Å². The number of nitrogens with zero attached hydrogens (tertiary/aromatic N) is 4. The van der Waals surface area contributed by atoms with Gasteiger partial charge in [-0.15, -0.1) is 0 Å². The lowest BCUT2D eigenvalue weighted by atomic mass is 10.1. The maximum atomic E-state index is 12.6. The SMILES string of the molecule is CSc1nc(C)c(CCC(=O)N2CCN([C@@H]3CCS(=O)(=O)C3)CC2)c(C)n1. The van der Waals surface area contributed by atoms with E-state index in [0.717, 1.165) is 41.6 Å². The van der Waals surface area contributed by atoms with Crippen LogP contribution in [0.15, 0.2) is 5.16 Å². The zero-order valence-electron chi connectivity index (χ0n) is 16.3. The predicted octanol–water partition coefficient (Wildman–Crippen LogP) is 1.08. The van der Waals surface area contributed by atoms with E-state index < -0.39 is 9.84 Å². The molecule has 9 heteroatoms. The fourth-order valence-corrected chi connectivity index (χ4v) is 6.17. The molecule has 2 fully saturated rings. The summed E-state index contributed by atoms with van der Waals surface area (Å²) in [6.45, 7) is 6.82. The molecule has 2 aliphatic rings. The molecule has 7 nitrogen and oxygen atoms in total. The van der Waals surface area contributed by atoms with E-state index in [0.29, 0.717) is 31.7 Å². The van der Waals surface area contributed by atoms with E-state index >= 15 is 0 Å². The maximum absolute atomic E-state index is 12.6. The highest BCUT2D eigenvalue weighted by atomic mass is 32.2. The highest BCUT2D eigenvalue weighted by Crippen LogP contribution is 2.20. The summed E-state index contributed by atoms with van der Waals surface area (Å²) in [7, 11) is -2.86. The molecule has 0 N–H and O–H groups in total. The van der Waals surface area contributed by atoms with E-state index in [9.17, 15) is 13.2 Å². The first-order valence-electron chi connectivity index (χ1n) is 9.39. The summed E-state index contributed by atoms with van der Waals surface area (Å²) in [6.07, 6.45) is 3.80. The normalized spacial score (nSPS) is 22.9. The number of piperazine rings is 1. The summed E-state index contributed by atoms with van der Waals surface area (Å²) < 4.78 is 23.3. The van der Waals surface area contributed by atoms with Crippen LogP contribution in [0.4, 0.5) is 0 Å². The third kappa shape index (κ3) is 5.00. The Hall–Kier alpha value is -1.19. The third-order valence-electron chi connectivity index (χ3n) is 5.56. The molecule has 1 atom stereocenters. The molecule has 2 saturated heterocycles. The Balaban J connectivity index is 1.50. The van der Waals surface area contributed by atoms with Gasteiger partial charge in [-0.2, -0.15) is 0 Å². The van der Waals surface area contributed by atoms with Crippen LogP contribution in [0, 0.1) is 13.8 Å². The van der Waals surface area contributed by atoms with Gasteiger partial charge in [0.1, 0.15) is 0 Å². The van der Waals surface area contributed by atoms with Gasteiger partial charge in [0.25, 0.3) is 0 Å². The Morgan fingerprint density at radius 1 is 1.15 bits per heavy atom. The topological polar surface area (TPSA) is 83.5 Å². The van der Waals surface area contributed by atoms with Crippen LogP contribution in [0.2, 0.25) is 0 Å². The predicted molar refractivity (Wildman–Crippen MR) is 107 cm³/mol. The number of rotatable bonds is 5. The second kappa shape index (κ2) is 8.45. The molecule has 1 aromatic rings. The fraction of sp³-hybridized carbons (Fsp3) is 0.722. The third-order valence-corrected chi connectivity index (χ3v) is 7.86. The van der Waals surface area contributed by atoms with Crippen molar-refractivity contribution >= 4 is 27.5 Å². The number of thioether (sulfide) groups is 1. The van der Waals surface area contributed by atoms with Crippen molar-refractivity contribution in [2.45, 2.75) is 44.3 Å². The van der Waals surface area contributed by atoms with E-state index in [4.69, 9.17) is 0 Å². The number of aromatic nitrogens is 2. The van der Waals surface area contributed by atoms with Crippen LogP contribution in [0.5, 0.6) is 0 Å². The molecule has 1 amide bonds. The molecule has 3 heterocycles. The molecule has 0 spiro atoms. The molecular weight excluding hydrogens is 384 g/mol. The standard InChI is InChI=1S/C18H28N4O3S2/c1-13-16(14(2)20-18(19-13)26-3)4-5-17(23)22-9-7-21(8-10-22)15-6-11-27(24,25)12-15/h15H,4-12H2,1-3H3/t15-/m1/s1. The van der Waals surface area contributed by atoms with Crippen LogP contribution in [0.3, 0.4) is 0 Å². The van der Waals surface area contributed by atoms with Gasteiger partial charge in [-0.1, -0.05) is 11.8 Å². The summed E-state index contributed by atoms with van der Waals surface area (Å²) in [6, 6.07) is 0.129. The minimum absolute atomic E-state index is 0.129. The minimum Gasteiger partial charge on any atom is -0.340 e. The summed E-state index contributed by atoms with van der Waals surface area (Å²) in [5.41, 5.74) is 2.97. The quantitative estimate of drug-likeness (QED) is 0.528. The minimum atomic E-state index is -2.86. The first-order chi connectivity index (χ1) is 12.8. The summed E-state index contributed by atoms with van der Waals surface area (Å²) >= 11 is 1.52. The second-order valence-corrected chi connectivity index (χ2v) is 10.3. The largest absolute Gasteiger partial charge is 0.340 e. The lowest BCUT2D eigenvalue weighted by molar-refractivity contribution is -0.133. The summed E-state index contributed by atoms with van der Waals surface area (Å²) in [5, 5.41) is 0.769. The van der Waals surface area contributed by atoms with Gasteiger partial charge in [-0.25, -0.2) is 18.4 Å². The van der Waals surface area contributed by atoms with Gasteiger partial charge in [-0.3, -0.25) is 9.69 Å². The number of sulfone groups is 1. The van der Waals surface area contributed by atoms with Crippen LogP contribution in [0.1, 0.15) is 29.8 Å². The van der Waals surface area contributed by atoms with Gasteiger partial charge < -0.3 is 4.90 Å². The number of aryl methyl sites for hydroxylation is 2. The Morgan fingerprint density at radius 2 is 1.78 bits per heavy atom. The average molecular weight is 413 g/mol. The van der Waals surface area contributed by atoms with Crippen LogP contribution in [-0.4, -0.2) is 84.1 Å². The molecule has 0 aliphatic carbocycles. The zero-order chi connectivity index (χ0) is 19.6. The van der Waals surface area contributed by atoms with Gasteiger partial charge >= 0.3 is 0 Å². The number of hydrogen-bond donors (Lipinski definition) is 0. The van der Waals surface area contributed by atoms with Crippen LogP contribution < -0.4 is 0 Å². The zero-order valence-corrected chi connectivity index (χ0v) is 17.9. The van der Waals surface area contributed by atoms with Gasteiger partial charge in [0.2, 0.25) is 5.91 Å². The maximum Gasteiger partial charge on any atom is 0.222 e. The Bertz CT molecular complexity index is 782. The Labute approximate surface area is 165 Å². The first kappa shape index (κ1) is 20.5. The molecule has 0 unspecified atom stereocenters. The van der Waals surface area contributed by atoms with Crippen molar-refractivity contribution < 1.29 is 13.2 Å². The molecule has 2 aliphatic heterocycles. The van der Waals surface area contributed by atoms with Gasteiger partial charge in [0, 0.05) is 50.0 Å². The van der Waals surface area contributed by atoms with Crippen molar-refractivity contribution in [2.75, 3.05) is 43.9 Å². The summed E-state index contributed by atoms with van der Waals surface area (Å²) in [5.74, 6) is 0.722. The monoisotopic (exact) mass is 412 g/mol. The number of carbonyl (C=O) groups excluding carboxylic acids is 1. The molecule has 0 aromatic carbocycles. The van der Waals surface area contributed by atoms with Crippen LogP contribution in [0.25, 0.3) is 0 Å². The Kier molecular flexibility index (Phi) is 6.43. The molecule has 3 rings (SSSR count). The average Bonchev–Trinajstić information content (AvgIpc) is 3.00. The molecular formula is C18H28N4O3S2. The van der Waals surface area contributed by atoms with Crippen molar-refractivity contribution in [3.05, 3.63) is 17.0 Å². The molecule has 0 radical (unpaired) electrons. The van der Waals surface area contributed by atoms with Gasteiger partial charge in [-0.05, 0) is 38.5 Å². The lowest BCUT2D eigenvalue weighted by Crippen LogP contribution is -2.52. The number of carbonyl (C=O) groups is 1. The second-order valence-electron chi connectivity index (χ2n) is 7.33. The van der Waals surface area contributed by atoms with E-state index in [1.165, 1.54) is 11.8 Å². The van der Waals surface area contributed by atoms with Crippen molar-refractivity contribution in [1.82, 2.24) is 19.8 Å². The van der Waals surface area contributed by atoms with Gasteiger partial charge in [0.05, 0.1) is 11.5 Å². The van der Waals surface area contributed by atoms with Crippen molar-refractivity contribution in [1.29, 1.82) is 0 Å². The smallest absolute Gasteiger partial charge is 0.222 e. The summed E-state index contributed by atoms with van der Waals surface area (Å²) in [4.78, 5) is 25.7. The van der Waals surface area contributed by atoms with E-state index in [-0.39, 0.29) is 17.7 Å². The Morgan fingerprint density at radius 3 is 2.30 bits per heavy atom. The fourth-order valence-electron chi connectivity index (χ4n) is 3.95. The molecule has 0 saturated carbocycles. The van der Waals surface area contributed by atoms with Crippen molar-refractivity contribution in [2.24, 2.45) is 0 Å². The van der Waals surface area contributed by atoms with Crippen LogP contribution >= 0.6 is 11.8 Å². The highest BCUT2D eigenvalue weighted by molar-refractivity contribution is 7.98. The van der Waals surface area contributed by atoms with Crippen LogP contribution in [-0.2, 0) is 21.1 Å². The first-order valence-corrected chi connectivity index (χ1v) is 12.4. The van der Waals surface area contributed by atoms with Crippen molar-refractivity contribution in [3.8, 4) is 0 Å². The van der Waals surface area contributed by atoms with E-state index in [2.05, 4.69) is 14.9 Å². The molecule has 27 heavy (non-hydrogen) atoms. The van der Waals surface area contributed by atoms with Gasteiger partial charge in [0.15, 0.2) is 15.0 Å². The molecule has 150 valence electrons. The molecule has 0 bridgehead atoms. The number of hydrogen-bond acceptors (Lipinski definition) is 7. The van der Waals surface area contributed by atoms with E-state index in [1.807, 2.05) is 25.0 Å². The highest BCUT2D eigenvalue weighted by Gasteiger charge is 2.34. The lowest BCUT2D eigenvalue weighted by Gasteiger charge is -2.37. The molecule has 1 aromatic heterocycles.